The minimum Gasteiger partial charge on any atom is -0.293 e. The van der Waals surface area contributed by atoms with Crippen LogP contribution in [0.4, 0.5) is 4.11 Å². The Hall–Kier alpha value is 0.107. The molecule has 0 atom stereocenters. The molecule has 0 saturated heterocycles. The van der Waals surface area contributed by atoms with Gasteiger partial charge in [-0.05, 0) is 12.1 Å². The van der Waals surface area contributed by atoms with E-state index < -0.39 is 10.0 Å². The Bertz CT molecular complexity index is 67.5. The molecule has 0 bridgehead atoms. The number of halogens is 1. The summed E-state index contributed by atoms with van der Waals surface area (Å²) < 4.78 is 13.9. The third-order valence-corrected chi connectivity index (χ3v) is 2.44. The van der Waals surface area contributed by atoms with Gasteiger partial charge in [-0.15, -0.1) is 0 Å². The lowest BCUT2D eigenvalue weighted by atomic mass is 10.3. The Balaban J connectivity index is 3.68. The Labute approximate surface area is 59.3 Å². The van der Waals surface area contributed by atoms with Crippen LogP contribution in [-0.2, 0) is 0 Å². The molecular weight excluding hydrogens is 133 g/mol. The largest absolute Gasteiger partial charge is 0.400 e. The zero-order valence-electron chi connectivity index (χ0n) is 6.48. The second-order valence-electron chi connectivity index (χ2n) is 2.68. The highest BCUT2D eigenvalue weighted by molar-refractivity contribution is 6.22. The Kier molecular flexibility index (Phi) is 4.06. The lowest BCUT2D eigenvalue weighted by Gasteiger charge is -2.25. The zero-order valence-corrected chi connectivity index (χ0v) is 7.48. The van der Waals surface area contributed by atoms with Crippen molar-refractivity contribution >= 4 is 10.0 Å². The van der Waals surface area contributed by atoms with Crippen molar-refractivity contribution in [1.82, 2.24) is 4.57 Å². The molecule has 0 aromatic heterocycles. The van der Waals surface area contributed by atoms with Gasteiger partial charge in [-0.1, -0.05) is 27.7 Å². The fraction of sp³-hybridized carbons (Fsp3) is 1.00. The van der Waals surface area contributed by atoms with E-state index in [-0.39, 0.29) is 0 Å². The molecule has 0 N–H and O–H groups in total. The highest BCUT2D eigenvalue weighted by Crippen LogP contribution is 2.01. The first-order valence-electron chi connectivity index (χ1n) is 3.24. The third-order valence-electron chi connectivity index (χ3n) is 1.21. The van der Waals surface area contributed by atoms with Crippen LogP contribution in [0.3, 0.4) is 0 Å². The molecule has 54 valence electrons. The molecule has 0 aliphatic heterocycles. The van der Waals surface area contributed by atoms with E-state index in [2.05, 4.69) is 0 Å². The Morgan fingerprint density at radius 3 is 1.44 bits per heavy atom. The molecule has 1 nitrogen and oxygen atoms in total. The van der Waals surface area contributed by atoms with Crippen molar-refractivity contribution in [2.75, 3.05) is 0 Å². The first-order valence-corrected chi connectivity index (χ1v) is 4.06. The first kappa shape index (κ1) is 9.11. The smallest absolute Gasteiger partial charge is 0.293 e. The molecule has 0 aliphatic carbocycles. The standard InChI is InChI=1S/C6H14FNSi/c1-5(2)8(9-7)6(3)4/h5-6H,1-4H3. The van der Waals surface area contributed by atoms with E-state index >= 15 is 0 Å². The first-order chi connectivity index (χ1) is 4.09. The van der Waals surface area contributed by atoms with Crippen LogP contribution >= 0.6 is 0 Å². The van der Waals surface area contributed by atoms with E-state index in [4.69, 9.17) is 0 Å². The molecule has 0 aromatic rings. The lowest BCUT2D eigenvalue weighted by molar-refractivity contribution is 0.297. The van der Waals surface area contributed by atoms with Crippen molar-refractivity contribution < 1.29 is 4.11 Å². The van der Waals surface area contributed by atoms with Crippen molar-refractivity contribution in [2.24, 2.45) is 0 Å². The molecule has 3 heteroatoms. The molecule has 0 aliphatic rings. The fourth-order valence-corrected chi connectivity index (χ4v) is 1.18. The summed E-state index contributed by atoms with van der Waals surface area (Å²) in [7, 11) is -0.557. The van der Waals surface area contributed by atoms with Crippen molar-refractivity contribution in [3.63, 3.8) is 0 Å². The van der Waals surface area contributed by atoms with Crippen LogP contribution in [0.2, 0.25) is 0 Å². The van der Waals surface area contributed by atoms with Gasteiger partial charge in [-0.2, -0.15) is 0 Å². The summed E-state index contributed by atoms with van der Waals surface area (Å²) in [6, 6.07) is 0.654. The summed E-state index contributed by atoms with van der Waals surface area (Å²) in [5, 5.41) is 0. The maximum atomic E-state index is 12.1. The topological polar surface area (TPSA) is 3.24 Å². The van der Waals surface area contributed by atoms with Gasteiger partial charge >= 0.3 is 10.0 Å². The van der Waals surface area contributed by atoms with Crippen LogP contribution < -0.4 is 0 Å². The number of hydrogen-bond donors (Lipinski definition) is 0. The van der Waals surface area contributed by atoms with Crippen LogP contribution in [0, 0.1) is 0 Å². The summed E-state index contributed by atoms with van der Waals surface area (Å²) in [5.74, 6) is 0. The molecule has 0 heterocycles. The van der Waals surface area contributed by atoms with Gasteiger partial charge in [-0.3, -0.25) is 8.67 Å². The SMILES string of the molecule is CC(C)N([Si]F)C(C)C. The summed E-state index contributed by atoms with van der Waals surface area (Å²) in [6.07, 6.45) is 0. The number of hydrogen-bond acceptors (Lipinski definition) is 1. The maximum absolute atomic E-state index is 12.1. The molecule has 0 amide bonds. The minimum absolute atomic E-state index is 0.327. The van der Waals surface area contributed by atoms with Crippen molar-refractivity contribution in [3.05, 3.63) is 0 Å². The second kappa shape index (κ2) is 4.01. The highest BCUT2D eigenvalue weighted by atomic mass is 28.3. The molecule has 9 heavy (non-hydrogen) atoms. The molecule has 0 unspecified atom stereocenters. The summed E-state index contributed by atoms with van der Waals surface area (Å²) in [5.41, 5.74) is 0. The predicted octanol–water partition coefficient (Wildman–Crippen LogP) is 1.61. The van der Waals surface area contributed by atoms with E-state index in [1.54, 1.807) is 0 Å². The second-order valence-corrected chi connectivity index (χ2v) is 3.36. The molecule has 0 rings (SSSR count). The summed E-state index contributed by atoms with van der Waals surface area (Å²) in [4.78, 5) is 0. The van der Waals surface area contributed by atoms with Gasteiger partial charge in [0.2, 0.25) is 0 Å². The minimum atomic E-state index is -0.557. The fourth-order valence-electron chi connectivity index (χ4n) is 0.791. The van der Waals surface area contributed by atoms with Crippen LogP contribution in [0.15, 0.2) is 0 Å². The number of rotatable bonds is 3. The molecule has 2 radical (unpaired) electrons. The van der Waals surface area contributed by atoms with Gasteiger partial charge in [0.25, 0.3) is 0 Å². The molecule has 0 saturated carbocycles. The Morgan fingerprint density at radius 1 is 1.11 bits per heavy atom. The van der Waals surface area contributed by atoms with E-state index in [1.807, 2.05) is 32.3 Å². The normalized spacial score (nSPS) is 12.0. The average molecular weight is 147 g/mol. The predicted molar refractivity (Wildman–Crippen MR) is 39.0 cm³/mol. The van der Waals surface area contributed by atoms with Gasteiger partial charge in [0.1, 0.15) is 0 Å². The van der Waals surface area contributed by atoms with E-state index in [0.29, 0.717) is 12.1 Å². The monoisotopic (exact) mass is 147 g/mol. The third kappa shape index (κ3) is 2.96. The number of nitrogens with zero attached hydrogens (tertiary/aromatic N) is 1. The van der Waals surface area contributed by atoms with Crippen LogP contribution in [-0.4, -0.2) is 26.7 Å². The van der Waals surface area contributed by atoms with E-state index in [9.17, 15) is 4.11 Å². The average Bonchev–Trinajstić information content (AvgIpc) is 1.64. The molecule has 0 spiro atoms. The van der Waals surface area contributed by atoms with Crippen LogP contribution in [0.1, 0.15) is 27.7 Å². The summed E-state index contributed by atoms with van der Waals surface area (Å²) in [6.45, 7) is 8.03. The molecule has 0 fully saturated rings. The molecule has 0 aromatic carbocycles. The maximum Gasteiger partial charge on any atom is 0.400 e. The molecular formula is C6H14FNSi. The quantitative estimate of drug-likeness (QED) is 0.433. The van der Waals surface area contributed by atoms with Crippen LogP contribution in [0.5, 0.6) is 0 Å². The van der Waals surface area contributed by atoms with Crippen LogP contribution in [0.25, 0.3) is 0 Å². The van der Waals surface area contributed by atoms with Crippen molar-refractivity contribution in [2.45, 2.75) is 39.8 Å². The van der Waals surface area contributed by atoms with Crippen molar-refractivity contribution in [1.29, 1.82) is 0 Å². The van der Waals surface area contributed by atoms with E-state index in [0.717, 1.165) is 0 Å². The van der Waals surface area contributed by atoms with Gasteiger partial charge in [0, 0.05) is 0 Å². The van der Waals surface area contributed by atoms with Gasteiger partial charge in [0.15, 0.2) is 0 Å². The lowest BCUT2D eigenvalue weighted by Crippen LogP contribution is -2.38. The summed E-state index contributed by atoms with van der Waals surface area (Å²) >= 11 is 0. The van der Waals surface area contributed by atoms with Gasteiger partial charge < -0.3 is 0 Å². The zero-order chi connectivity index (χ0) is 7.44. The van der Waals surface area contributed by atoms with Gasteiger partial charge in [0.05, 0.1) is 0 Å². The highest BCUT2D eigenvalue weighted by Gasteiger charge is 2.13. The Morgan fingerprint density at radius 2 is 1.44 bits per heavy atom. The van der Waals surface area contributed by atoms with E-state index in [1.165, 1.54) is 0 Å². The van der Waals surface area contributed by atoms with Gasteiger partial charge in [-0.25, -0.2) is 0 Å². The van der Waals surface area contributed by atoms with Crippen molar-refractivity contribution in [3.8, 4) is 0 Å².